The molecular weight excluding hydrogens is 308 g/mol. The number of thiocarbonyl (C=S) groups is 1. The van der Waals surface area contributed by atoms with Gasteiger partial charge in [0.25, 0.3) is 0 Å². The van der Waals surface area contributed by atoms with Crippen LogP contribution >= 0.6 is 23.8 Å². The summed E-state index contributed by atoms with van der Waals surface area (Å²) < 4.78 is 1.70. The number of aryl methyl sites for hydroxylation is 1. The molecule has 1 aromatic carbocycles. The van der Waals surface area contributed by atoms with Crippen molar-refractivity contribution in [3.05, 3.63) is 46.7 Å². The van der Waals surface area contributed by atoms with E-state index in [1.165, 1.54) is 0 Å². The van der Waals surface area contributed by atoms with E-state index < -0.39 is 0 Å². The minimum absolute atomic E-state index is 0.135. The Kier molecular flexibility index (Phi) is 4.93. The molecule has 5 nitrogen and oxygen atoms in total. The number of rotatable bonds is 5. The molecule has 0 spiro atoms. The van der Waals surface area contributed by atoms with Crippen LogP contribution in [0, 0.1) is 6.92 Å². The number of aromatic nitrogens is 2. The lowest BCUT2D eigenvalue weighted by Gasteiger charge is -2.10. The van der Waals surface area contributed by atoms with Crippen LogP contribution in [0.5, 0.6) is 0 Å². The summed E-state index contributed by atoms with van der Waals surface area (Å²) >= 11 is 10.9. The molecule has 21 heavy (non-hydrogen) atoms. The second-order valence-electron chi connectivity index (χ2n) is 4.51. The van der Waals surface area contributed by atoms with Crippen LogP contribution in [-0.2, 0) is 11.3 Å². The van der Waals surface area contributed by atoms with Crippen molar-refractivity contribution in [1.82, 2.24) is 9.78 Å². The number of anilines is 1. The Morgan fingerprint density at radius 1 is 1.48 bits per heavy atom. The van der Waals surface area contributed by atoms with Crippen molar-refractivity contribution in [2.75, 3.05) is 5.32 Å². The van der Waals surface area contributed by atoms with Gasteiger partial charge in [-0.15, -0.1) is 0 Å². The zero-order chi connectivity index (χ0) is 15.4. The number of nitrogens with zero attached hydrogens (tertiary/aromatic N) is 2. The molecule has 1 amide bonds. The maximum atomic E-state index is 12.0. The van der Waals surface area contributed by atoms with E-state index in [-0.39, 0.29) is 17.3 Å². The summed E-state index contributed by atoms with van der Waals surface area (Å²) in [5, 5.41) is 7.50. The zero-order valence-corrected chi connectivity index (χ0v) is 13.0. The van der Waals surface area contributed by atoms with Crippen LogP contribution in [-0.4, -0.2) is 20.7 Å². The Morgan fingerprint density at radius 3 is 2.81 bits per heavy atom. The van der Waals surface area contributed by atoms with Gasteiger partial charge < -0.3 is 11.1 Å². The van der Waals surface area contributed by atoms with E-state index in [1.54, 1.807) is 23.0 Å². The molecule has 0 unspecified atom stereocenters. The molecule has 0 radical (unpaired) electrons. The predicted molar refractivity (Wildman–Crippen MR) is 87.6 cm³/mol. The number of carbonyl (C=O) groups is 1. The largest absolute Gasteiger partial charge is 0.389 e. The Hall–Kier alpha value is -1.92. The fourth-order valence-electron chi connectivity index (χ4n) is 1.88. The topological polar surface area (TPSA) is 72.9 Å². The van der Waals surface area contributed by atoms with E-state index in [0.717, 1.165) is 5.69 Å². The molecule has 110 valence electrons. The summed E-state index contributed by atoms with van der Waals surface area (Å²) in [7, 11) is 0. The SMILES string of the molecule is Cc1c(Cl)cnn1CCC(=O)Nc1ccccc1C(N)=S. The molecule has 2 aromatic rings. The maximum absolute atomic E-state index is 12.0. The highest BCUT2D eigenvalue weighted by atomic mass is 35.5. The van der Waals surface area contributed by atoms with Gasteiger partial charge in [-0.1, -0.05) is 36.0 Å². The average Bonchev–Trinajstić information content (AvgIpc) is 2.77. The normalized spacial score (nSPS) is 10.4. The van der Waals surface area contributed by atoms with Gasteiger partial charge in [0.2, 0.25) is 5.91 Å². The molecule has 0 saturated carbocycles. The minimum atomic E-state index is -0.135. The van der Waals surface area contributed by atoms with Crippen molar-refractivity contribution in [2.45, 2.75) is 19.9 Å². The molecule has 0 aliphatic carbocycles. The number of para-hydroxylation sites is 1. The van der Waals surface area contributed by atoms with Gasteiger partial charge in [0.15, 0.2) is 0 Å². The maximum Gasteiger partial charge on any atom is 0.226 e. The quantitative estimate of drug-likeness (QED) is 0.830. The van der Waals surface area contributed by atoms with E-state index in [0.29, 0.717) is 22.8 Å². The highest BCUT2D eigenvalue weighted by Crippen LogP contribution is 2.16. The molecule has 2 rings (SSSR count). The summed E-state index contributed by atoms with van der Waals surface area (Å²) in [6.07, 6.45) is 1.85. The Morgan fingerprint density at radius 2 is 2.19 bits per heavy atom. The number of halogens is 1. The molecule has 7 heteroatoms. The van der Waals surface area contributed by atoms with Crippen LogP contribution in [0.15, 0.2) is 30.5 Å². The van der Waals surface area contributed by atoms with Crippen LogP contribution in [0.4, 0.5) is 5.69 Å². The lowest BCUT2D eigenvalue weighted by atomic mass is 10.1. The van der Waals surface area contributed by atoms with Gasteiger partial charge in [0, 0.05) is 12.0 Å². The van der Waals surface area contributed by atoms with E-state index >= 15 is 0 Å². The molecule has 1 heterocycles. The summed E-state index contributed by atoms with van der Waals surface area (Å²) in [6.45, 7) is 2.31. The van der Waals surface area contributed by atoms with Crippen molar-refractivity contribution >= 4 is 40.4 Å². The number of amides is 1. The first-order chi connectivity index (χ1) is 9.99. The van der Waals surface area contributed by atoms with Crippen molar-refractivity contribution in [1.29, 1.82) is 0 Å². The first-order valence-electron chi connectivity index (χ1n) is 6.35. The van der Waals surface area contributed by atoms with Gasteiger partial charge in [-0.05, 0) is 19.1 Å². The van der Waals surface area contributed by atoms with Crippen LogP contribution in [0.3, 0.4) is 0 Å². The Balaban J connectivity index is 1.99. The summed E-state index contributed by atoms with van der Waals surface area (Å²) in [5.74, 6) is -0.135. The summed E-state index contributed by atoms with van der Waals surface area (Å²) in [5.41, 5.74) is 7.74. The first-order valence-corrected chi connectivity index (χ1v) is 7.14. The van der Waals surface area contributed by atoms with Gasteiger partial charge in [-0.3, -0.25) is 9.48 Å². The molecule has 1 aromatic heterocycles. The molecule has 0 saturated heterocycles. The van der Waals surface area contributed by atoms with Crippen LogP contribution < -0.4 is 11.1 Å². The Labute approximate surface area is 133 Å². The van der Waals surface area contributed by atoms with E-state index in [1.807, 2.05) is 19.1 Å². The third kappa shape index (κ3) is 3.80. The van der Waals surface area contributed by atoms with Crippen LogP contribution in [0.2, 0.25) is 5.02 Å². The van der Waals surface area contributed by atoms with Gasteiger partial charge >= 0.3 is 0 Å². The lowest BCUT2D eigenvalue weighted by molar-refractivity contribution is -0.116. The fourth-order valence-corrected chi connectivity index (χ4v) is 2.20. The average molecular weight is 323 g/mol. The molecule has 0 bridgehead atoms. The van der Waals surface area contributed by atoms with Crippen LogP contribution in [0.1, 0.15) is 17.7 Å². The summed E-state index contributed by atoms with van der Waals surface area (Å²) in [6, 6.07) is 7.17. The van der Waals surface area contributed by atoms with Crippen molar-refractivity contribution in [3.63, 3.8) is 0 Å². The Bertz CT molecular complexity index is 683. The van der Waals surface area contributed by atoms with E-state index in [4.69, 9.17) is 29.6 Å². The smallest absolute Gasteiger partial charge is 0.226 e. The van der Waals surface area contributed by atoms with Crippen LogP contribution in [0.25, 0.3) is 0 Å². The zero-order valence-electron chi connectivity index (χ0n) is 11.5. The van der Waals surface area contributed by atoms with Crippen molar-refractivity contribution in [2.24, 2.45) is 5.73 Å². The van der Waals surface area contributed by atoms with Gasteiger partial charge in [0.1, 0.15) is 4.99 Å². The van der Waals surface area contributed by atoms with Crippen molar-refractivity contribution in [3.8, 4) is 0 Å². The number of hydrogen-bond acceptors (Lipinski definition) is 3. The summed E-state index contributed by atoms with van der Waals surface area (Å²) in [4.78, 5) is 12.3. The molecule has 0 aliphatic heterocycles. The number of benzene rings is 1. The van der Waals surface area contributed by atoms with Gasteiger partial charge in [-0.2, -0.15) is 5.10 Å². The molecule has 3 N–H and O–H groups in total. The number of hydrogen-bond donors (Lipinski definition) is 2. The monoisotopic (exact) mass is 322 g/mol. The first kappa shape index (κ1) is 15.5. The molecular formula is C14H15ClN4OS. The highest BCUT2D eigenvalue weighted by Gasteiger charge is 2.10. The van der Waals surface area contributed by atoms with Gasteiger partial charge in [-0.25, -0.2) is 0 Å². The number of nitrogens with one attached hydrogen (secondary N) is 1. The van der Waals surface area contributed by atoms with E-state index in [9.17, 15) is 4.79 Å². The molecule has 0 atom stereocenters. The minimum Gasteiger partial charge on any atom is -0.389 e. The van der Waals surface area contributed by atoms with Gasteiger partial charge in [0.05, 0.1) is 29.1 Å². The third-order valence-corrected chi connectivity index (χ3v) is 3.65. The van der Waals surface area contributed by atoms with Crippen molar-refractivity contribution < 1.29 is 4.79 Å². The number of nitrogens with two attached hydrogens (primary N) is 1. The second-order valence-corrected chi connectivity index (χ2v) is 5.36. The molecule has 0 aliphatic rings. The number of carbonyl (C=O) groups excluding carboxylic acids is 1. The molecule has 0 fully saturated rings. The fraction of sp³-hybridized carbons (Fsp3) is 0.214. The highest BCUT2D eigenvalue weighted by molar-refractivity contribution is 7.80. The second kappa shape index (κ2) is 6.69. The predicted octanol–water partition coefficient (Wildman–Crippen LogP) is 2.51. The standard InChI is InChI=1S/C14H15ClN4OS/c1-9-11(15)8-17-19(9)7-6-13(20)18-12-5-3-2-4-10(12)14(16)21/h2-5,8H,6-7H2,1H3,(H2,16,21)(H,18,20). The third-order valence-electron chi connectivity index (χ3n) is 3.06. The van der Waals surface area contributed by atoms with E-state index in [2.05, 4.69) is 10.4 Å². The lowest BCUT2D eigenvalue weighted by Crippen LogP contribution is -2.19.